The van der Waals surface area contributed by atoms with Crippen molar-refractivity contribution in [2.75, 3.05) is 0 Å². The first-order valence-electron chi connectivity index (χ1n) is 8.41. The zero-order chi connectivity index (χ0) is 16.9. The van der Waals surface area contributed by atoms with Crippen LogP contribution in [0.5, 0.6) is 17.2 Å². The third kappa shape index (κ3) is 2.61. The Balaban J connectivity index is 1.65. The van der Waals surface area contributed by atoms with Crippen LogP contribution in [0.25, 0.3) is 0 Å². The number of benzene rings is 2. The third-order valence-corrected chi connectivity index (χ3v) is 4.95. The molecular formula is C20H22O4. The van der Waals surface area contributed by atoms with Crippen molar-refractivity contribution in [2.24, 2.45) is 0 Å². The lowest BCUT2D eigenvalue weighted by Crippen LogP contribution is -2.39. The summed E-state index contributed by atoms with van der Waals surface area (Å²) in [5.41, 5.74) is 2.43. The lowest BCUT2D eigenvalue weighted by Gasteiger charge is -2.28. The Morgan fingerprint density at radius 1 is 1.04 bits per heavy atom. The number of hydrogen-bond donors (Lipinski definition) is 2. The van der Waals surface area contributed by atoms with Gasteiger partial charge in [0, 0.05) is 12.0 Å². The molecule has 2 aromatic carbocycles. The minimum atomic E-state index is -0.892. The van der Waals surface area contributed by atoms with Crippen LogP contribution in [0.4, 0.5) is 0 Å². The van der Waals surface area contributed by atoms with Crippen molar-refractivity contribution in [1.29, 1.82) is 0 Å². The first-order valence-corrected chi connectivity index (χ1v) is 8.41. The van der Waals surface area contributed by atoms with E-state index in [0.29, 0.717) is 6.42 Å². The molecule has 2 atom stereocenters. The average molecular weight is 326 g/mol. The van der Waals surface area contributed by atoms with Gasteiger partial charge < -0.3 is 19.7 Å². The minimum Gasteiger partial charge on any atom is -0.508 e. The topological polar surface area (TPSA) is 58.9 Å². The molecule has 0 amide bonds. The fraction of sp³-hybridized carbons (Fsp3) is 0.400. The van der Waals surface area contributed by atoms with Crippen molar-refractivity contribution < 1.29 is 19.7 Å². The van der Waals surface area contributed by atoms with Crippen LogP contribution in [0.3, 0.4) is 0 Å². The molecule has 2 heterocycles. The molecule has 0 aliphatic carbocycles. The Morgan fingerprint density at radius 2 is 1.79 bits per heavy atom. The van der Waals surface area contributed by atoms with E-state index in [1.54, 1.807) is 26.0 Å². The maximum Gasteiger partial charge on any atom is 0.131 e. The molecule has 0 unspecified atom stereocenters. The summed E-state index contributed by atoms with van der Waals surface area (Å²) in [5.74, 6) is 1.98. The van der Waals surface area contributed by atoms with Crippen molar-refractivity contribution >= 4 is 0 Å². The van der Waals surface area contributed by atoms with Crippen LogP contribution in [0, 0.1) is 0 Å². The van der Waals surface area contributed by atoms with Crippen LogP contribution in [0.15, 0.2) is 36.4 Å². The number of aliphatic hydroxyl groups is 1. The molecule has 0 saturated carbocycles. The van der Waals surface area contributed by atoms with E-state index >= 15 is 0 Å². The molecule has 0 saturated heterocycles. The molecule has 0 spiro atoms. The van der Waals surface area contributed by atoms with Gasteiger partial charge in [-0.25, -0.2) is 0 Å². The summed E-state index contributed by atoms with van der Waals surface area (Å²) in [6.45, 7) is 3.55. The van der Waals surface area contributed by atoms with E-state index in [1.807, 2.05) is 18.2 Å². The average Bonchev–Trinajstić information content (AvgIpc) is 3.00. The molecule has 2 aliphatic heterocycles. The van der Waals surface area contributed by atoms with Gasteiger partial charge in [0.05, 0.1) is 5.60 Å². The minimum absolute atomic E-state index is 0.0224. The molecule has 2 aliphatic rings. The SMILES string of the molecule is CC(C)(O)[C@@H]1Cc2c(ccc3c2O[C@H](c2ccc(O)cc2)CC3)O1. The molecule has 4 nitrogen and oxygen atoms in total. The highest BCUT2D eigenvalue weighted by molar-refractivity contribution is 5.54. The van der Waals surface area contributed by atoms with Gasteiger partial charge in [0.1, 0.15) is 29.5 Å². The predicted molar refractivity (Wildman–Crippen MR) is 90.7 cm³/mol. The molecule has 24 heavy (non-hydrogen) atoms. The van der Waals surface area contributed by atoms with Crippen LogP contribution in [-0.4, -0.2) is 21.9 Å². The van der Waals surface area contributed by atoms with Gasteiger partial charge in [-0.15, -0.1) is 0 Å². The van der Waals surface area contributed by atoms with E-state index < -0.39 is 5.60 Å². The van der Waals surface area contributed by atoms with Crippen molar-refractivity contribution in [2.45, 2.75) is 50.9 Å². The highest BCUT2D eigenvalue weighted by atomic mass is 16.5. The fourth-order valence-electron chi connectivity index (χ4n) is 3.49. The Kier molecular flexibility index (Phi) is 3.46. The summed E-state index contributed by atoms with van der Waals surface area (Å²) < 4.78 is 12.2. The van der Waals surface area contributed by atoms with Crippen molar-refractivity contribution in [3.63, 3.8) is 0 Å². The molecule has 126 valence electrons. The number of ether oxygens (including phenoxy) is 2. The molecule has 4 rings (SSSR count). The molecule has 2 N–H and O–H groups in total. The van der Waals surface area contributed by atoms with E-state index in [2.05, 4.69) is 6.07 Å². The number of aromatic hydroxyl groups is 1. The van der Waals surface area contributed by atoms with Crippen LogP contribution in [-0.2, 0) is 12.8 Å². The number of rotatable bonds is 2. The lowest BCUT2D eigenvalue weighted by molar-refractivity contribution is -0.0230. The highest BCUT2D eigenvalue weighted by Gasteiger charge is 2.38. The lowest BCUT2D eigenvalue weighted by atomic mass is 9.92. The van der Waals surface area contributed by atoms with Gasteiger partial charge in [-0.2, -0.15) is 0 Å². The van der Waals surface area contributed by atoms with E-state index in [0.717, 1.165) is 35.5 Å². The normalized spacial score (nSPS) is 22.3. The van der Waals surface area contributed by atoms with Gasteiger partial charge in [-0.3, -0.25) is 0 Å². The Labute approximate surface area is 141 Å². The van der Waals surface area contributed by atoms with Gasteiger partial charge >= 0.3 is 0 Å². The Morgan fingerprint density at radius 3 is 2.50 bits per heavy atom. The second-order valence-electron chi connectivity index (χ2n) is 7.23. The number of fused-ring (bicyclic) bond motifs is 3. The summed E-state index contributed by atoms with van der Waals surface area (Å²) in [7, 11) is 0. The van der Waals surface area contributed by atoms with Gasteiger partial charge in [0.2, 0.25) is 0 Å². The van der Waals surface area contributed by atoms with Crippen LogP contribution < -0.4 is 9.47 Å². The second kappa shape index (κ2) is 5.42. The summed E-state index contributed by atoms with van der Waals surface area (Å²) in [5, 5.41) is 19.7. The monoisotopic (exact) mass is 326 g/mol. The highest BCUT2D eigenvalue weighted by Crippen LogP contribution is 2.45. The first-order chi connectivity index (χ1) is 11.4. The standard InChI is InChI=1S/C20H22O4/c1-20(2,22)18-11-15-17(23-18)10-6-13-5-9-16(24-19(13)15)12-3-7-14(21)8-4-12/h3-4,6-8,10,16,18,21-22H,5,9,11H2,1-2H3/t16-,18-/m0/s1. The fourth-order valence-corrected chi connectivity index (χ4v) is 3.49. The predicted octanol–water partition coefficient (Wildman–Crippen LogP) is 3.53. The summed E-state index contributed by atoms with van der Waals surface area (Å²) >= 11 is 0. The quantitative estimate of drug-likeness (QED) is 0.886. The molecule has 0 fully saturated rings. The molecule has 2 aromatic rings. The molecule has 0 radical (unpaired) electrons. The summed E-state index contributed by atoms with van der Waals surface area (Å²) in [6.07, 6.45) is 2.24. The van der Waals surface area contributed by atoms with Gasteiger partial charge in [-0.1, -0.05) is 18.2 Å². The third-order valence-electron chi connectivity index (χ3n) is 4.95. The van der Waals surface area contributed by atoms with Crippen LogP contribution in [0.1, 0.15) is 43.1 Å². The van der Waals surface area contributed by atoms with Crippen molar-refractivity contribution in [1.82, 2.24) is 0 Å². The van der Waals surface area contributed by atoms with Gasteiger partial charge in [-0.05, 0) is 56.0 Å². The first kappa shape index (κ1) is 15.3. The Hall–Kier alpha value is -2.20. The molecule has 0 bridgehead atoms. The zero-order valence-electron chi connectivity index (χ0n) is 14.0. The van der Waals surface area contributed by atoms with E-state index in [-0.39, 0.29) is 18.0 Å². The van der Waals surface area contributed by atoms with Crippen molar-refractivity contribution in [3.05, 3.63) is 53.1 Å². The second-order valence-corrected chi connectivity index (χ2v) is 7.23. The summed E-state index contributed by atoms with van der Waals surface area (Å²) in [4.78, 5) is 0. The largest absolute Gasteiger partial charge is 0.508 e. The van der Waals surface area contributed by atoms with E-state index in [1.165, 1.54) is 5.56 Å². The van der Waals surface area contributed by atoms with Gasteiger partial charge in [0.25, 0.3) is 0 Å². The molecular weight excluding hydrogens is 304 g/mol. The van der Waals surface area contributed by atoms with Crippen LogP contribution >= 0.6 is 0 Å². The van der Waals surface area contributed by atoms with Gasteiger partial charge in [0.15, 0.2) is 0 Å². The van der Waals surface area contributed by atoms with Crippen LogP contribution in [0.2, 0.25) is 0 Å². The molecule has 0 aromatic heterocycles. The Bertz CT molecular complexity index is 758. The summed E-state index contributed by atoms with van der Waals surface area (Å²) in [6, 6.07) is 11.3. The number of hydrogen-bond acceptors (Lipinski definition) is 4. The van der Waals surface area contributed by atoms with Crippen molar-refractivity contribution in [3.8, 4) is 17.2 Å². The zero-order valence-corrected chi connectivity index (χ0v) is 14.0. The van der Waals surface area contributed by atoms with E-state index in [9.17, 15) is 10.2 Å². The maximum atomic E-state index is 10.3. The number of phenolic OH excluding ortho intramolecular Hbond substituents is 1. The number of phenols is 1. The number of aryl methyl sites for hydroxylation is 1. The smallest absolute Gasteiger partial charge is 0.131 e. The molecule has 4 heteroatoms. The maximum absolute atomic E-state index is 10.3. The van der Waals surface area contributed by atoms with E-state index in [4.69, 9.17) is 9.47 Å².